The molecule has 0 saturated carbocycles. The largest absolute Gasteiger partial charge is 0.382 e. The first-order valence-corrected chi connectivity index (χ1v) is 6.28. The van der Waals surface area contributed by atoms with E-state index in [1.807, 2.05) is 11.8 Å². The summed E-state index contributed by atoms with van der Waals surface area (Å²) in [7, 11) is 0. The molecule has 0 fully saturated rings. The predicted octanol–water partition coefficient (Wildman–Crippen LogP) is 2.80. The summed E-state index contributed by atoms with van der Waals surface area (Å²) >= 11 is 2.00. The molecule has 1 aromatic rings. The Bertz CT molecular complexity index is 401. The van der Waals surface area contributed by atoms with Crippen molar-refractivity contribution in [3.8, 4) is 0 Å². The van der Waals surface area contributed by atoms with Crippen LogP contribution in [0.4, 0.5) is 11.4 Å². The second-order valence-electron chi connectivity index (χ2n) is 4.86. The van der Waals surface area contributed by atoms with Crippen LogP contribution in [0.25, 0.3) is 0 Å². The molecule has 1 aromatic carbocycles. The standard InChI is InChI=1S/C12H16N2S/c1-12(2)8-14-7-6-13-9-4-3-5-10(15-12)11(9)14/h3-5,13H,6-8H2,1-2H3. The molecule has 0 bridgehead atoms. The lowest BCUT2D eigenvalue weighted by atomic mass is 10.1. The van der Waals surface area contributed by atoms with Crippen LogP contribution in [0.3, 0.4) is 0 Å². The van der Waals surface area contributed by atoms with Crippen molar-refractivity contribution in [3.63, 3.8) is 0 Å². The molecule has 15 heavy (non-hydrogen) atoms. The zero-order valence-electron chi connectivity index (χ0n) is 9.21. The first-order valence-electron chi connectivity index (χ1n) is 5.47. The SMILES string of the molecule is CC1(C)CN2CCNc3cccc(c32)S1. The monoisotopic (exact) mass is 220 g/mol. The van der Waals surface area contributed by atoms with Gasteiger partial charge in [0.05, 0.1) is 11.4 Å². The minimum absolute atomic E-state index is 0.336. The number of thioether (sulfide) groups is 1. The quantitative estimate of drug-likeness (QED) is 0.724. The van der Waals surface area contributed by atoms with E-state index in [1.165, 1.54) is 16.3 Å². The fourth-order valence-electron chi connectivity index (χ4n) is 2.46. The second-order valence-corrected chi connectivity index (χ2v) is 6.61. The topological polar surface area (TPSA) is 15.3 Å². The number of nitrogens with one attached hydrogen (secondary N) is 1. The van der Waals surface area contributed by atoms with Crippen molar-refractivity contribution in [2.75, 3.05) is 29.9 Å². The number of hydrogen-bond donors (Lipinski definition) is 1. The fourth-order valence-corrected chi connectivity index (χ4v) is 3.76. The normalized spacial score (nSPS) is 21.9. The van der Waals surface area contributed by atoms with E-state index in [1.54, 1.807) is 0 Å². The third kappa shape index (κ3) is 1.49. The van der Waals surface area contributed by atoms with Gasteiger partial charge in [0.1, 0.15) is 0 Å². The van der Waals surface area contributed by atoms with Gasteiger partial charge >= 0.3 is 0 Å². The maximum absolute atomic E-state index is 3.47. The minimum Gasteiger partial charge on any atom is -0.382 e. The summed E-state index contributed by atoms with van der Waals surface area (Å²) in [5.74, 6) is 0. The molecule has 0 radical (unpaired) electrons. The summed E-state index contributed by atoms with van der Waals surface area (Å²) in [6.45, 7) is 8.01. The number of para-hydroxylation sites is 1. The van der Waals surface area contributed by atoms with Crippen molar-refractivity contribution >= 4 is 23.1 Å². The van der Waals surface area contributed by atoms with Gasteiger partial charge in [0, 0.05) is 29.3 Å². The molecular formula is C12H16N2S. The molecule has 80 valence electrons. The highest BCUT2D eigenvalue weighted by Crippen LogP contribution is 2.48. The molecule has 0 aromatic heterocycles. The van der Waals surface area contributed by atoms with Crippen molar-refractivity contribution in [2.24, 2.45) is 0 Å². The van der Waals surface area contributed by atoms with E-state index in [-0.39, 0.29) is 0 Å². The van der Waals surface area contributed by atoms with E-state index in [0.29, 0.717) is 4.75 Å². The number of nitrogens with zero attached hydrogens (tertiary/aromatic N) is 1. The summed E-state index contributed by atoms with van der Waals surface area (Å²) in [6, 6.07) is 6.58. The Morgan fingerprint density at radius 3 is 3.13 bits per heavy atom. The molecular weight excluding hydrogens is 204 g/mol. The lowest BCUT2D eigenvalue weighted by Gasteiger charge is -2.43. The second kappa shape index (κ2) is 3.08. The summed E-state index contributed by atoms with van der Waals surface area (Å²) < 4.78 is 0.336. The van der Waals surface area contributed by atoms with Crippen molar-refractivity contribution in [2.45, 2.75) is 23.5 Å². The van der Waals surface area contributed by atoms with Crippen molar-refractivity contribution in [1.29, 1.82) is 0 Å². The van der Waals surface area contributed by atoms with Crippen LogP contribution in [0, 0.1) is 0 Å². The molecule has 0 unspecified atom stereocenters. The van der Waals surface area contributed by atoms with Crippen LogP contribution in [0.2, 0.25) is 0 Å². The van der Waals surface area contributed by atoms with Crippen molar-refractivity contribution in [3.05, 3.63) is 18.2 Å². The van der Waals surface area contributed by atoms with Gasteiger partial charge < -0.3 is 10.2 Å². The van der Waals surface area contributed by atoms with E-state index in [0.717, 1.165) is 19.6 Å². The van der Waals surface area contributed by atoms with Crippen molar-refractivity contribution < 1.29 is 0 Å². The van der Waals surface area contributed by atoms with Crippen molar-refractivity contribution in [1.82, 2.24) is 0 Å². The van der Waals surface area contributed by atoms with Crippen LogP contribution >= 0.6 is 11.8 Å². The summed E-state index contributed by atoms with van der Waals surface area (Å²) in [4.78, 5) is 3.95. The average molecular weight is 220 g/mol. The third-order valence-corrected chi connectivity index (χ3v) is 4.20. The lowest BCUT2D eigenvalue weighted by molar-refractivity contribution is 0.638. The van der Waals surface area contributed by atoms with Crippen LogP contribution in [-0.4, -0.2) is 24.4 Å². The zero-order chi connectivity index (χ0) is 10.5. The molecule has 2 heterocycles. The van der Waals surface area contributed by atoms with E-state index < -0.39 is 0 Å². The molecule has 0 spiro atoms. The third-order valence-electron chi connectivity index (χ3n) is 2.97. The van der Waals surface area contributed by atoms with Gasteiger partial charge in [-0.1, -0.05) is 6.07 Å². The lowest BCUT2D eigenvalue weighted by Crippen LogP contribution is -2.44. The van der Waals surface area contributed by atoms with Crippen LogP contribution < -0.4 is 10.2 Å². The van der Waals surface area contributed by atoms with E-state index >= 15 is 0 Å². The number of anilines is 2. The molecule has 0 amide bonds. The highest BCUT2D eigenvalue weighted by molar-refractivity contribution is 8.00. The molecule has 2 nitrogen and oxygen atoms in total. The predicted molar refractivity (Wildman–Crippen MR) is 67.1 cm³/mol. The van der Waals surface area contributed by atoms with E-state index in [2.05, 4.69) is 42.3 Å². The first-order chi connectivity index (χ1) is 7.16. The van der Waals surface area contributed by atoms with Gasteiger partial charge in [-0.2, -0.15) is 0 Å². The Labute approximate surface area is 95.0 Å². The molecule has 3 rings (SSSR count). The van der Waals surface area contributed by atoms with Gasteiger partial charge in [-0.05, 0) is 26.0 Å². The Kier molecular flexibility index (Phi) is 1.93. The van der Waals surface area contributed by atoms with Gasteiger partial charge in [0.25, 0.3) is 0 Å². The van der Waals surface area contributed by atoms with Gasteiger partial charge in [-0.3, -0.25) is 0 Å². The molecule has 0 saturated heterocycles. The smallest absolute Gasteiger partial charge is 0.0741 e. The summed E-state index contributed by atoms with van der Waals surface area (Å²) in [6.07, 6.45) is 0. The fraction of sp³-hybridized carbons (Fsp3) is 0.500. The van der Waals surface area contributed by atoms with Gasteiger partial charge in [0.15, 0.2) is 0 Å². The summed E-state index contributed by atoms with van der Waals surface area (Å²) in [5, 5.41) is 3.47. The number of rotatable bonds is 0. The van der Waals surface area contributed by atoms with Gasteiger partial charge in [-0.15, -0.1) is 11.8 Å². The van der Waals surface area contributed by atoms with Gasteiger partial charge in [-0.25, -0.2) is 0 Å². The number of benzene rings is 1. The van der Waals surface area contributed by atoms with E-state index in [4.69, 9.17) is 0 Å². The van der Waals surface area contributed by atoms with Crippen LogP contribution in [0.5, 0.6) is 0 Å². The summed E-state index contributed by atoms with van der Waals surface area (Å²) in [5.41, 5.74) is 2.73. The first kappa shape index (κ1) is 9.40. The Morgan fingerprint density at radius 1 is 1.40 bits per heavy atom. The molecule has 3 heteroatoms. The Balaban J connectivity index is 2.14. The molecule has 1 N–H and O–H groups in total. The Hall–Kier alpha value is -0.830. The van der Waals surface area contributed by atoms with Crippen LogP contribution in [0.1, 0.15) is 13.8 Å². The highest BCUT2D eigenvalue weighted by Gasteiger charge is 2.33. The highest BCUT2D eigenvalue weighted by atomic mass is 32.2. The van der Waals surface area contributed by atoms with Crippen LogP contribution in [-0.2, 0) is 0 Å². The van der Waals surface area contributed by atoms with Gasteiger partial charge in [0.2, 0.25) is 0 Å². The van der Waals surface area contributed by atoms with Crippen LogP contribution in [0.15, 0.2) is 23.1 Å². The Morgan fingerprint density at radius 2 is 2.27 bits per heavy atom. The molecule has 0 aliphatic carbocycles. The maximum Gasteiger partial charge on any atom is 0.0741 e. The minimum atomic E-state index is 0.336. The molecule has 0 atom stereocenters. The molecule has 2 aliphatic heterocycles. The number of hydrogen-bond acceptors (Lipinski definition) is 3. The maximum atomic E-state index is 3.47. The van der Waals surface area contributed by atoms with E-state index in [9.17, 15) is 0 Å². The average Bonchev–Trinajstić information content (AvgIpc) is 2.16. The zero-order valence-corrected chi connectivity index (χ0v) is 10.0. The molecule has 2 aliphatic rings.